The highest BCUT2D eigenvalue weighted by molar-refractivity contribution is 6.30. The Hall–Kier alpha value is -1.80. The minimum Gasteiger partial charge on any atom is -0.467 e. The molecule has 4 N–H and O–H groups in total. The number of morpholine rings is 1. The number of halogens is 1. The van der Waals surface area contributed by atoms with E-state index in [0.717, 1.165) is 42.8 Å². The average molecular weight is 437 g/mol. The van der Waals surface area contributed by atoms with E-state index in [2.05, 4.69) is 17.0 Å². The topological polar surface area (TPSA) is 94.1 Å². The predicted molar refractivity (Wildman–Crippen MR) is 117 cm³/mol. The third-order valence-electron chi connectivity index (χ3n) is 6.17. The van der Waals surface area contributed by atoms with Crippen LogP contribution < -0.4 is 11.6 Å². The number of methoxy groups -OCH3 is 1. The molecule has 2 fully saturated rings. The highest BCUT2D eigenvalue weighted by Gasteiger charge is 2.38. The van der Waals surface area contributed by atoms with Crippen molar-refractivity contribution in [1.29, 1.82) is 0 Å². The molecule has 1 aliphatic heterocycles. The van der Waals surface area contributed by atoms with Gasteiger partial charge in [-0.15, -0.1) is 0 Å². The van der Waals surface area contributed by atoms with E-state index in [-0.39, 0.29) is 12.0 Å². The van der Waals surface area contributed by atoms with E-state index in [1.807, 2.05) is 12.1 Å². The summed E-state index contributed by atoms with van der Waals surface area (Å²) in [5.41, 5.74) is 8.28. The van der Waals surface area contributed by atoms with Gasteiger partial charge in [0.15, 0.2) is 6.10 Å². The number of nitrogens with zero attached hydrogens (tertiary/aromatic N) is 2. The quantitative estimate of drug-likeness (QED) is 0.401. The Morgan fingerprint density at radius 2 is 1.97 bits per heavy atom. The van der Waals surface area contributed by atoms with Gasteiger partial charge in [-0.1, -0.05) is 23.7 Å². The van der Waals surface area contributed by atoms with Crippen molar-refractivity contribution in [2.45, 2.75) is 50.3 Å². The monoisotopic (exact) mass is 436 g/mol. The van der Waals surface area contributed by atoms with Crippen molar-refractivity contribution in [1.82, 2.24) is 9.91 Å². The van der Waals surface area contributed by atoms with Gasteiger partial charge in [-0.25, -0.2) is 10.6 Å². The van der Waals surface area contributed by atoms with Crippen molar-refractivity contribution in [3.63, 3.8) is 0 Å². The van der Waals surface area contributed by atoms with E-state index >= 15 is 0 Å². The first kappa shape index (κ1) is 22.9. The first-order valence-corrected chi connectivity index (χ1v) is 10.9. The molecule has 3 rings (SSSR count). The van der Waals surface area contributed by atoms with Crippen molar-refractivity contribution < 1.29 is 14.3 Å². The van der Waals surface area contributed by atoms with Crippen molar-refractivity contribution >= 4 is 17.6 Å². The smallest absolute Gasteiger partial charge is 0.336 e. The summed E-state index contributed by atoms with van der Waals surface area (Å²) < 4.78 is 10.8. The molecular formula is C22H33ClN4O3. The first-order chi connectivity index (χ1) is 14.4. The van der Waals surface area contributed by atoms with Crippen LogP contribution in [-0.4, -0.2) is 61.4 Å². The third kappa shape index (κ3) is 5.88. The molecule has 2 atom stereocenters. The largest absolute Gasteiger partial charge is 0.467 e. The molecule has 166 valence electrons. The molecule has 2 aliphatic rings. The van der Waals surface area contributed by atoms with Gasteiger partial charge in [-0.3, -0.25) is 4.90 Å². The number of allylic oxidation sites excluding steroid dienone is 1. The van der Waals surface area contributed by atoms with Gasteiger partial charge in [0.05, 0.1) is 13.7 Å². The number of hydrogen-bond donors (Lipinski definition) is 2. The Morgan fingerprint density at radius 3 is 2.57 bits per heavy atom. The van der Waals surface area contributed by atoms with Gasteiger partial charge >= 0.3 is 5.97 Å². The van der Waals surface area contributed by atoms with Gasteiger partial charge in [0.25, 0.3) is 0 Å². The summed E-state index contributed by atoms with van der Waals surface area (Å²) in [7, 11) is 3.19. The van der Waals surface area contributed by atoms with Crippen molar-refractivity contribution in [2.24, 2.45) is 17.5 Å². The molecule has 0 aromatic heterocycles. The summed E-state index contributed by atoms with van der Waals surface area (Å²) in [6, 6.07) is 8.53. The molecule has 0 amide bonds. The van der Waals surface area contributed by atoms with Crippen molar-refractivity contribution in [3.8, 4) is 0 Å². The lowest BCUT2D eigenvalue weighted by atomic mass is 9.82. The van der Waals surface area contributed by atoms with E-state index in [1.165, 1.54) is 17.7 Å². The van der Waals surface area contributed by atoms with Crippen LogP contribution in [0.15, 0.2) is 36.2 Å². The Labute approximate surface area is 183 Å². The van der Waals surface area contributed by atoms with Crippen LogP contribution in [0.4, 0.5) is 0 Å². The Kier molecular flexibility index (Phi) is 7.99. The van der Waals surface area contributed by atoms with Crippen LogP contribution in [-0.2, 0) is 20.7 Å². The van der Waals surface area contributed by atoms with Crippen LogP contribution in [0.5, 0.6) is 0 Å². The zero-order valence-electron chi connectivity index (χ0n) is 17.8. The normalized spacial score (nSPS) is 28.2. The minimum atomic E-state index is -0.537. The summed E-state index contributed by atoms with van der Waals surface area (Å²) in [5, 5.41) is 2.24. The fraction of sp³-hybridized carbons (Fsp3) is 0.591. The van der Waals surface area contributed by atoms with E-state index in [4.69, 9.17) is 32.7 Å². The third-order valence-corrected chi connectivity index (χ3v) is 6.43. The van der Waals surface area contributed by atoms with Gasteiger partial charge < -0.3 is 20.2 Å². The molecule has 8 heteroatoms. The Balaban J connectivity index is 1.69. The number of nitrogens with two attached hydrogens (primary N) is 2. The number of carbonyl (C=O) groups is 1. The molecule has 1 saturated heterocycles. The SMILES string of the molecule is COC(=O)C1CN(C2CCC(/C(N)=C/N(C)N)CC2)C(Cc2ccc(Cl)cc2)CO1. The fourth-order valence-electron chi connectivity index (χ4n) is 4.59. The van der Waals surface area contributed by atoms with Crippen LogP contribution in [0.2, 0.25) is 5.02 Å². The second-order valence-corrected chi connectivity index (χ2v) is 8.76. The molecule has 1 saturated carbocycles. The van der Waals surface area contributed by atoms with Gasteiger partial charge in [-0.05, 0) is 49.8 Å². The maximum absolute atomic E-state index is 12.1. The first-order valence-electron chi connectivity index (χ1n) is 10.5. The summed E-state index contributed by atoms with van der Waals surface area (Å²) in [4.78, 5) is 14.6. The van der Waals surface area contributed by atoms with Crippen LogP contribution in [0, 0.1) is 5.92 Å². The summed E-state index contributed by atoms with van der Waals surface area (Å²) in [6.07, 6.45) is 6.19. The number of carbonyl (C=O) groups excluding carboxylic acids is 1. The maximum Gasteiger partial charge on any atom is 0.336 e. The molecule has 0 spiro atoms. The zero-order valence-corrected chi connectivity index (χ0v) is 18.6. The van der Waals surface area contributed by atoms with E-state index < -0.39 is 6.10 Å². The molecule has 7 nitrogen and oxygen atoms in total. The number of hydrazine groups is 1. The summed E-state index contributed by atoms with van der Waals surface area (Å²) >= 11 is 6.03. The second kappa shape index (κ2) is 10.5. The van der Waals surface area contributed by atoms with Crippen molar-refractivity contribution in [2.75, 3.05) is 27.3 Å². The highest BCUT2D eigenvalue weighted by Crippen LogP contribution is 2.33. The highest BCUT2D eigenvalue weighted by atomic mass is 35.5. The Bertz CT molecular complexity index is 732. The van der Waals surface area contributed by atoms with E-state index in [0.29, 0.717) is 25.1 Å². The lowest BCUT2D eigenvalue weighted by Gasteiger charge is -2.45. The molecule has 1 aromatic carbocycles. The average Bonchev–Trinajstić information content (AvgIpc) is 2.74. The minimum absolute atomic E-state index is 0.205. The second-order valence-electron chi connectivity index (χ2n) is 8.33. The number of rotatable bonds is 6. The lowest BCUT2D eigenvalue weighted by molar-refractivity contribution is -0.165. The fourth-order valence-corrected chi connectivity index (χ4v) is 4.71. The van der Waals surface area contributed by atoms with Gasteiger partial charge in [0.1, 0.15) is 0 Å². The number of esters is 1. The molecule has 2 unspecified atom stereocenters. The van der Waals surface area contributed by atoms with E-state index in [1.54, 1.807) is 13.2 Å². The van der Waals surface area contributed by atoms with Crippen LogP contribution in [0.1, 0.15) is 31.2 Å². The Morgan fingerprint density at radius 1 is 1.30 bits per heavy atom. The molecule has 0 bridgehead atoms. The zero-order chi connectivity index (χ0) is 21.7. The molecular weight excluding hydrogens is 404 g/mol. The summed E-state index contributed by atoms with van der Waals surface area (Å²) in [5.74, 6) is 5.74. The molecule has 0 radical (unpaired) electrons. The van der Waals surface area contributed by atoms with Crippen LogP contribution >= 0.6 is 11.6 Å². The molecule has 1 aliphatic carbocycles. The summed E-state index contributed by atoms with van der Waals surface area (Å²) in [6.45, 7) is 1.06. The van der Waals surface area contributed by atoms with Gasteiger partial charge in [0, 0.05) is 48.5 Å². The van der Waals surface area contributed by atoms with E-state index in [9.17, 15) is 4.79 Å². The van der Waals surface area contributed by atoms with Gasteiger partial charge in [-0.2, -0.15) is 0 Å². The molecule has 1 heterocycles. The lowest BCUT2D eigenvalue weighted by Crippen LogP contribution is -2.57. The maximum atomic E-state index is 12.1. The van der Waals surface area contributed by atoms with Gasteiger partial charge in [0.2, 0.25) is 0 Å². The number of benzene rings is 1. The molecule has 30 heavy (non-hydrogen) atoms. The van der Waals surface area contributed by atoms with Crippen molar-refractivity contribution in [3.05, 3.63) is 46.7 Å². The van der Waals surface area contributed by atoms with Crippen LogP contribution in [0.3, 0.4) is 0 Å². The van der Waals surface area contributed by atoms with Crippen LogP contribution in [0.25, 0.3) is 0 Å². The number of ether oxygens (including phenoxy) is 2. The number of hydrogen-bond acceptors (Lipinski definition) is 7. The standard InChI is InChI=1S/C22H33ClN4O3/c1-26(25)12-20(24)16-5-9-18(10-6-16)27-13-21(22(28)29-2)30-14-19(27)11-15-3-7-17(23)8-4-15/h3-4,7-8,12,16,18-19,21H,5-6,9-11,13-14,24-25H2,1-2H3/b20-12-. The predicted octanol–water partition coefficient (Wildman–Crippen LogP) is 2.29. The molecule has 1 aromatic rings.